The van der Waals surface area contributed by atoms with Gasteiger partial charge in [0.05, 0.1) is 5.69 Å². The van der Waals surface area contributed by atoms with E-state index in [4.69, 9.17) is 5.73 Å². The average molecular weight is 293 g/mol. The van der Waals surface area contributed by atoms with Crippen LogP contribution >= 0.6 is 0 Å². The summed E-state index contributed by atoms with van der Waals surface area (Å²) in [7, 11) is 0. The van der Waals surface area contributed by atoms with Crippen molar-refractivity contribution in [2.45, 2.75) is 38.5 Å². The minimum absolute atomic E-state index is 0.160. The van der Waals surface area contributed by atoms with Crippen LogP contribution in [-0.4, -0.2) is 30.4 Å². The fourth-order valence-corrected chi connectivity index (χ4v) is 2.65. The Balaban J connectivity index is 1.79. The van der Waals surface area contributed by atoms with Gasteiger partial charge in [-0.25, -0.2) is 4.39 Å². The number of carbonyl (C=O) groups is 1. The first-order chi connectivity index (χ1) is 10.1. The van der Waals surface area contributed by atoms with Crippen LogP contribution in [0.5, 0.6) is 0 Å². The quantitative estimate of drug-likeness (QED) is 0.839. The molecule has 0 saturated carbocycles. The number of carbonyl (C=O) groups excluding carboxylic acids is 1. The van der Waals surface area contributed by atoms with Crippen molar-refractivity contribution in [3.05, 3.63) is 24.0 Å². The molecule has 0 bridgehead atoms. The molecule has 5 heteroatoms. The third-order valence-electron chi connectivity index (χ3n) is 3.87. The maximum absolute atomic E-state index is 13.5. The molecule has 1 heterocycles. The summed E-state index contributed by atoms with van der Waals surface area (Å²) in [6.07, 6.45) is 6.66. The molecule has 0 atom stereocenters. The molecule has 1 aliphatic heterocycles. The second kappa shape index (κ2) is 7.98. The van der Waals surface area contributed by atoms with Gasteiger partial charge in [0, 0.05) is 18.7 Å². The van der Waals surface area contributed by atoms with Crippen LogP contribution < -0.4 is 11.1 Å². The first kappa shape index (κ1) is 15.8. The van der Waals surface area contributed by atoms with Crippen molar-refractivity contribution in [2.24, 2.45) is 0 Å². The molecule has 1 amide bonds. The SMILES string of the molecule is Nc1ccc(F)c(NC(=O)CCN2CCCCCCC2)c1. The summed E-state index contributed by atoms with van der Waals surface area (Å²) in [5, 5.41) is 2.60. The Morgan fingerprint density at radius 2 is 1.86 bits per heavy atom. The fourth-order valence-electron chi connectivity index (χ4n) is 2.65. The number of hydrogen-bond donors (Lipinski definition) is 2. The lowest BCUT2D eigenvalue weighted by Crippen LogP contribution is -2.30. The standard InChI is InChI=1S/C16H24FN3O/c17-14-7-6-13(18)12-15(14)19-16(21)8-11-20-9-4-2-1-3-5-10-20/h6-7,12H,1-5,8-11,18H2,(H,19,21). The van der Waals surface area contributed by atoms with Gasteiger partial charge in [0.1, 0.15) is 5.82 Å². The van der Waals surface area contributed by atoms with E-state index in [9.17, 15) is 9.18 Å². The molecule has 1 saturated heterocycles. The number of likely N-dealkylation sites (tertiary alicyclic amines) is 1. The molecule has 21 heavy (non-hydrogen) atoms. The molecule has 4 nitrogen and oxygen atoms in total. The van der Waals surface area contributed by atoms with Gasteiger partial charge in [-0.2, -0.15) is 0 Å². The van der Waals surface area contributed by atoms with Crippen molar-refractivity contribution in [2.75, 3.05) is 30.7 Å². The van der Waals surface area contributed by atoms with Crippen LogP contribution in [0.15, 0.2) is 18.2 Å². The highest BCUT2D eigenvalue weighted by molar-refractivity contribution is 5.91. The molecule has 116 valence electrons. The van der Waals surface area contributed by atoms with Gasteiger partial charge in [0.15, 0.2) is 0 Å². The molecule has 1 aromatic rings. The normalized spacial score (nSPS) is 17.0. The van der Waals surface area contributed by atoms with Gasteiger partial charge in [-0.05, 0) is 44.1 Å². The van der Waals surface area contributed by atoms with E-state index < -0.39 is 5.82 Å². The zero-order chi connectivity index (χ0) is 15.1. The van der Waals surface area contributed by atoms with Crippen molar-refractivity contribution in [3.63, 3.8) is 0 Å². The van der Waals surface area contributed by atoms with Crippen molar-refractivity contribution >= 4 is 17.3 Å². The predicted molar refractivity (Wildman–Crippen MR) is 83.6 cm³/mol. The number of amides is 1. The molecule has 0 aliphatic carbocycles. The lowest BCUT2D eigenvalue weighted by atomic mass is 10.1. The third-order valence-corrected chi connectivity index (χ3v) is 3.87. The number of nitrogens with one attached hydrogen (secondary N) is 1. The number of anilines is 2. The first-order valence-corrected chi connectivity index (χ1v) is 7.72. The van der Waals surface area contributed by atoms with Gasteiger partial charge >= 0.3 is 0 Å². The van der Waals surface area contributed by atoms with Crippen LogP contribution in [-0.2, 0) is 4.79 Å². The molecule has 0 radical (unpaired) electrons. The Kier molecular flexibility index (Phi) is 5.99. The van der Waals surface area contributed by atoms with Gasteiger partial charge in [0.2, 0.25) is 5.91 Å². The van der Waals surface area contributed by atoms with E-state index in [1.807, 2.05) is 0 Å². The number of nitrogens with zero attached hydrogens (tertiary/aromatic N) is 1. The largest absolute Gasteiger partial charge is 0.399 e. The number of nitrogen functional groups attached to an aromatic ring is 1. The Hall–Kier alpha value is -1.62. The van der Waals surface area contributed by atoms with Gasteiger partial charge in [-0.3, -0.25) is 4.79 Å². The minimum Gasteiger partial charge on any atom is -0.399 e. The summed E-state index contributed by atoms with van der Waals surface area (Å²) in [5.41, 5.74) is 6.20. The molecule has 0 aromatic heterocycles. The molecular formula is C16H24FN3O. The van der Waals surface area contributed by atoms with Gasteiger partial charge in [0.25, 0.3) is 0 Å². The van der Waals surface area contributed by atoms with E-state index in [2.05, 4.69) is 10.2 Å². The van der Waals surface area contributed by atoms with Crippen molar-refractivity contribution in [1.29, 1.82) is 0 Å². The zero-order valence-electron chi connectivity index (χ0n) is 12.4. The fraction of sp³-hybridized carbons (Fsp3) is 0.562. The molecule has 1 fully saturated rings. The summed E-state index contributed by atoms with van der Waals surface area (Å²) in [5.74, 6) is -0.620. The van der Waals surface area contributed by atoms with E-state index in [0.29, 0.717) is 12.1 Å². The molecule has 1 aliphatic rings. The highest BCUT2D eigenvalue weighted by atomic mass is 19.1. The monoisotopic (exact) mass is 293 g/mol. The van der Waals surface area contributed by atoms with Crippen LogP contribution in [0.2, 0.25) is 0 Å². The summed E-state index contributed by atoms with van der Waals surface area (Å²) in [4.78, 5) is 14.3. The topological polar surface area (TPSA) is 58.4 Å². The van der Waals surface area contributed by atoms with E-state index in [1.54, 1.807) is 0 Å². The second-order valence-electron chi connectivity index (χ2n) is 5.65. The lowest BCUT2D eigenvalue weighted by molar-refractivity contribution is -0.116. The van der Waals surface area contributed by atoms with Crippen LogP contribution in [0, 0.1) is 5.82 Å². The Morgan fingerprint density at radius 3 is 2.57 bits per heavy atom. The van der Waals surface area contributed by atoms with E-state index in [-0.39, 0.29) is 11.6 Å². The van der Waals surface area contributed by atoms with Crippen LogP contribution in [0.4, 0.5) is 15.8 Å². The van der Waals surface area contributed by atoms with Gasteiger partial charge in [-0.15, -0.1) is 0 Å². The van der Waals surface area contributed by atoms with Crippen LogP contribution in [0.1, 0.15) is 38.5 Å². The van der Waals surface area contributed by atoms with E-state index in [0.717, 1.165) is 19.6 Å². The molecular weight excluding hydrogens is 269 g/mol. The Bertz CT molecular complexity index is 471. The summed E-state index contributed by atoms with van der Waals surface area (Å²) in [6.45, 7) is 2.84. The molecule has 0 unspecified atom stereocenters. The number of hydrogen-bond acceptors (Lipinski definition) is 3. The van der Waals surface area contributed by atoms with Crippen LogP contribution in [0.3, 0.4) is 0 Å². The number of halogens is 1. The highest BCUT2D eigenvalue weighted by Crippen LogP contribution is 2.17. The minimum atomic E-state index is -0.455. The smallest absolute Gasteiger partial charge is 0.225 e. The average Bonchev–Trinajstić information content (AvgIpc) is 2.42. The predicted octanol–water partition coefficient (Wildman–Crippen LogP) is 3.00. The van der Waals surface area contributed by atoms with Gasteiger partial charge < -0.3 is 16.0 Å². The Morgan fingerprint density at radius 1 is 1.19 bits per heavy atom. The Labute approximate surface area is 125 Å². The van der Waals surface area contributed by atoms with Crippen molar-refractivity contribution in [1.82, 2.24) is 4.90 Å². The number of rotatable bonds is 4. The van der Waals surface area contributed by atoms with Crippen molar-refractivity contribution < 1.29 is 9.18 Å². The lowest BCUT2D eigenvalue weighted by Gasteiger charge is -2.24. The molecule has 1 aromatic carbocycles. The summed E-state index contributed by atoms with van der Waals surface area (Å²) >= 11 is 0. The maximum atomic E-state index is 13.5. The molecule has 0 spiro atoms. The second-order valence-corrected chi connectivity index (χ2v) is 5.65. The maximum Gasteiger partial charge on any atom is 0.225 e. The van der Waals surface area contributed by atoms with E-state index in [1.165, 1.54) is 50.3 Å². The van der Waals surface area contributed by atoms with Gasteiger partial charge in [-0.1, -0.05) is 19.3 Å². The van der Waals surface area contributed by atoms with Crippen molar-refractivity contribution in [3.8, 4) is 0 Å². The number of benzene rings is 1. The summed E-state index contributed by atoms with van der Waals surface area (Å²) < 4.78 is 13.5. The van der Waals surface area contributed by atoms with E-state index >= 15 is 0 Å². The molecule has 3 N–H and O–H groups in total. The first-order valence-electron chi connectivity index (χ1n) is 7.72. The number of nitrogens with two attached hydrogens (primary N) is 1. The third kappa shape index (κ3) is 5.34. The summed E-state index contributed by atoms with van der Waals surface area (Å²) in [6, 6.07) is 4.19. The van der Waals surface area contributed by atoms with Crippen LogP contribution in [0.25, 0.3) is 0 Å². The zero-order valence-corrected chi connectivity index (χ0v) is 12.4. The molecule has 2 rings (SSSR count). The highest BCUT2D eigenvalue weighted by Gasteiger charge is 2.12.